The lowest BCUT2D eigenvalue weighted by atomic mass is 10.1. The molecule has 32 heavy (non-hydrogen) atoms. The van der Waals surface area contributed by atoms with Crippen LogP contribution < -0.4 is 10.2 Å². The van der Waals surface area contributed by atoms with Gasteiger partial charge in [-0.3, -0.25) is 4.79 Å². The van der Waals surface area contributed by atoms with Crippen LogP contribution in [0.5, 0.6) is 0 Å². The fourth-order valence-corrected chi connectivity index (χ4v) is 7.55. The van der Waals surface area contributed by atoms with Crippen LogP contribution in [0.3, 0.4) is 0 Å². The molecule has 1 amide bonds. The van der Waals surface area contributed by atoms with Gasteiger partial charge < -0.3 is 15.2 Å². The van der Waals surface area contributed by atoms with E-state index in [0.717, 1.165) is 36.7 Å². The molecule has 5 rings (SSSR count). The zero-order valence-electron chi connectivity index (χ0n) is 17.4. The van der Waals surface area contributed by atoms with E-state index < -0.39 is 10.0 Å². The summed E-state index contributed by atoms with van der Waals surface area (Å²) in [7, 11) is -3.59. The number of hydrogen-bond donors (Lipinski definition) is 2. The van der Waals surface area contributed by atoms with Crippen LogP contribution in [-0.2, 0) is 23.0 Å². The number of thiophene rings is 1. The number of hydrogen-bond acceptors (Lipinski definition) is 6. The summed E-state index contributed by atoms with van der Waals surface area (Å²) in [6.07, 6.45) is 2.39. The van der Waals surface area contributed by atoms with Gasteiger partial charge in [0.05, 0.1) is 11.4 Å². The number of carbonyl (C=O) groups excluding carboxylic acids is 1. The van der Waals surface area contributed by atoms with Crippen molar-refractivity contribution in [2.75, 3.05) is 41.4 Å². The molecular formula is C22H24N4O3S3. The normalized spacial score (nSPS) is 17.2. The Balaban J connectivity index is 1.33. The lowest BCUT2D eigenvalue weighted by Crippen LogP contribution is -2.37. The highest BCUT2D eigenvalue weighted by atomic mass is 32.2. The number of aromatic nitrogens is 1. The quantitative estimate of drug-likeness (QED) is 0.573. The van der Waals surface area contributed by atoms with E-state index in [9.17, 15) is 13.2 Å². The fraction of sp³-hybridized carbons (Fsp3) is 0.318. The Morgan fingerprint density at radius 2 is 1.91 bits per heavy atom. The topological polar surface area (TPSA) is 85.5 Å². The highest BCUT2D eigenvalue weighted by molar-refractivity contribution is 7.99. The number of amides is 1. The second-order valence-corrected chi connectivity index (χ2v) is 11.9. The summed E-state index contributed by atoms with van der Waals surface area (Å²) in [5.41, 5.74) is 3.23. The van der Waals surface area contributed by atoms with Gasteiger partial charge in [-0.15, -0.1) is 11.3 Å². The Bertz CT molecular complexity index is 1230. The van der Waals surface area contributed by atoms with Crippen LogP contribution in [0.4, 0.5) is 11.4 Å². The Kier molecular flexibility index (Phi) is 6.02. The van der Waals surface area contributed by atoms with Crippen LogP contribution in [-0.4, -0.2) is 54.8 Å². The average molecular weight is 489 g/mol. The number of carbonyl (C=O) groups is 1. The maximum absolute atomic E-state index is 13.0. The molecule has 0 unspecified atom stereocenters. The van der Waals surface area contributed by atoms with Crippen LogP contribution in [0.1, 0.15) is 20.9 Å². The summed E-state index contributed by atoms with van der Waals surface area (Å²) in [4.78, 5) is 19.6. The molecule has 168 valence electrons. The minimum atomic E-state index is -3.59. The first-order valence-electron chi connectivity index (χ1n) is 10.5. The van der Waals surface area contributed by atoms with Crippen LogP contribution in [0.2, 0.25) is 0 Å². The van der Waals surface area contributed by atoms with Gasteiger partial charge in [0, 0.05) is 48.8 Å². The van der Waals surface area contributed by atoms with E-state index in [2.05, 4.69) is 26.6 Å². The van der Waals surface area contributed by atoms with Crippen LogP contribution in [0.15, 0.2) is 52.9 Å². The molecule has 0 radical (unpaired) electrons. The average Bonchev–Trinajstić information content (AvgIpc) is 3.50. The maximum Gasteiger partial charge on any atom is 0.272 e. The number of sulfonamides is 1. The van der Waals surface area contributed by atoms with Crippen LogP contribution in [0.25, 0.3) is 0 Å². The highest BCUT2D eigenvalue weighted by Gasteiger charge is 2.28. The number of nitrogens with zero attached hydrogens (tertiary/aromatic N) is 2. The third kappa shape index (κ3) is 4.19. The van der Waals surface area contributed by atoms with Crippen molar-refractivity contribution in [2.24, 2.45) is 0 Å². The smallest absolute Gasteiger partial charge is 0.272 e. The molecular weight excluding hydrogens is 464 g/mol. The molecule has 0 aliphatic carbocycles. The van der Waals surface area contributed by atoms with Gasteiger partial charge in [0.25, 0.3) is 5.91 Å². The summed E-state index contributed by atoms with van der Waals surface area (Å²) < 4.78 is 27.2. The molecule has 2 aliphatic rings. The van der Waals surface area contributed by atoms with Crippen molar-refractivity contribution in [1.29, 1.82) is 0 Å². The van der Waals surface area contributed by atoms with Gasteiger partial charge in [0.1, 0.15) is 10.6 Å². The molecule has 2 aromatic heterocycles. The molecule has 10 heteroatoms. The van der Waals surface area contributed by atoms with E-state index >= 15 is 0 Å². The largest absolute Gasteiger partial charge is 0.365 e. The Morgan fingerprint density at radius 1 is 1.09 bits per heavy atom. The van der Waals surface area contributed by atoms with Gasteiger partial charge in [-0.1, -0.05) is 12.1 Å². The number of H-pyrrole nitrogens is 1. The molecule has 4 heterocycles. The Labute approximate surface area is 195 Å². The monoisotopic (exact) mass is 488 g/mol. The van der Waals surface area contributed by atoms with Gasteiger partial charge >= 0.3 is 0 Å². The molecule has 7 nitrogen and oxygen atoms in total. The number of nitrogens with one attached hydrogen (secondary N) is 2. The van der Waals surface area contributed by atoms with E-state index in [1.807, 2.05) is 24.3 Å². The number of fused-ring (bicyclic) bond motifs is 1. The number of rotatable bonds is 5. The molecule has 0 atom stereocenters. The van der Waals surface area contributed by atoms with Gasteiger partial charge in [0.2, 0.25) is 10.0 Å². The summed E-state index contributed by atoms with van der Waals surface area (Å²) >= 11 is 3.54. The first-order valence-corrected chi connectivity index (χ1v) is 14.0. The molecule has 1 aromatic carbocycles. The van der Waals surface area contributed by atoms with E-state index in [0.29, 0.717) is 18.8 Å². The first kappa shape index (κ1) is 21.6. The SMILES string of the molecule is O=C(Nc1ccccc1N1CCc2sccc2C1)c1cc(S(=O)(=O)N2CCSCC2)c[nH]1. The fourth-order valence-electron chi connectivity index (χ4n) is 4.09. The minimum absolute atomic E-state index is 0.129. The number of para-hydroxylation sites is 2. The molecule has 0 saturated carbocycles. The molecule has 1 fully saturated rings. The van der Waals surface area contributed by atoms with Crippen molar-refractivity contribution in [3.05, 3.63) is 64.1 Å². The van der Waals surface area contributed by atoms with Crippen LogP contribution in [0, 0.1) is 0 Å². The number of benzene rings is 1. The van der Waals surface area contributed by atoms with Crippen molar-refractivity contribution in [3.8, 4) is 0 Å². The third-order valence-electron chi connectivity index (χ3n) is 5.81. The summed E-state index contributed by atoms with van der Waals surface area (Å²) in [5, 5.41) is 5.09. The Hall–Kier alpha value is -2.27. The summed E-state index contributed by atoms with van der Waals surface area (Å²) in [6.45, 7) is 2.69. The predicted octanol–water partition coefficient (Wildman–Crippen LogP) is 3.63. The van der Waals surface area contributed by atoms with E-state index in [1.165, 1.54) is 27.0 Å². The van der Waals surface area contributed by atoms with Crippen molar-refractivity contribution in [2.45, 2.75) is 17.9 Å². The molecule has 0 spiro atoms. The summed E-state index contributed by atoms with van der Waals surface area (Å²) in [6, 6.07) is 11.3. The number of thioether (sulfide) groups is 1. The first-order chi connectivity index (χ1) is 15.5. The van der Waals surface area contributed by atoms with Gasteiger partial charge in [-0.2, -0.15) is 16.1 Å². The van der Waals surface area contributed by atoms with Crippen molar-refractivity contribution < 1.29 is 13.2 Å². The van der Waals surface area contributed by atoms with E-state index in [4.69, 9.17) is 0 Å². The standard InChI is InChI=1S/C22H24N4O3S3/c27-22(19-13-17(14-23-19)32(28,29)26-8-11-30-12-9-26)24-18-3-1-2-4-20(18)25-7-5-21-16(15-25)6-10-31-21/h1-4,6,10,13-14,23H,5,7-9,11-12,15H2,(H,24,27). The zero-order chi connectivity index (χ0) is 22.1. The lowest BCUT2D eigenvalue weighted by Gasteiger charge is -2.30. The van der Waals surface area contributed by atoms with Gasteiger partial charge in [-0.25, -0.2) is 8.42 Å². The number of aromatic amines is 1. The number of anilines is 2. The van der Waals surface area contributed by atoms with Crippen molar-refractivity contribution in [3.63, 3.8) is 0 Å². The van der Waals surface area contributed by atoms with Crippen molar-refractivity contribution >= 4 is 50.4 Å². The molecule has 0 bridgehead atoms. The minimum Gasteiger partial charge on any atom is -0.365 e. The second kappa shape index (κ2) is 8.93. The molecule has 3 aromatic rings. The predicted molar refractivity (Wildman–Crippen MR) is 130 cm³/mol. The van der Waals surface area contributed by atoms with E-state index in [-0.39, 0.29) is 16.5 Å². The lowest BCUT2D eigenvalue weighted by molar-refractivity contribution is 0.102. The van der Waals surface area contributed by atoms with Gasteiger partial charge in [-0.05, 0) is 41.6 Å². The molecule has 2 aliphatic heterocycles. The second-order valence-electron chi connectivity index (χ2n) is 7.78. The highest BCUT2D eigenvalue weighted by Crippen LogP contribution is 2.32. The third-order valence-corrected chi connectivity index (χ3v) is 9.65. The summed E-state index contributed by atoms with van der Waals surface area (Å²) in [5.74, 6) is 1.22. The zero-order valence-corrected chi connectivity index (χ0v) is 19.9. The Morgan fingerprint density at radius 3 is 2.75 bits per heavy atom. The van der Waals surface area contributed by atoms with E-state index in [1.54, 1.807) is 23.1 Å². The molecule has 2 N–H and O–H groups in total. The van der Waals surface area contributed by atoms with Gasteiger partial charge in [0.15, 0.2) is 0 Å². The van der Waals surface area contributed by atoms with Crippen molar-refractivity contribution in [1.82, 2.24) is 9.29 Å². The van der Waals surface area contributed by atoms with Crippen LogP contribution >= 0.6 is 23.1 Å². The molecule has 1 saturated heterocycles. The maximum atomic E-state index is 13.0.